The topological polar surface area (TPSA) is 79.9 Å². The van der Waals surface area contributed by atoms with Gasteiger partial charge in [0, 0.05) is 31.7 Å². The monoisotopic (exact) mass is 409 g/mol. The summed E-state index contributed by atoms with van der Waals surface area (Å²) in [5, 5.41) is 5.91. The number of carbonyl (C=O) groups excluding carboxylic acids is 2. The molecule has 0 radical (unpaired) electrons. The first-order chi connectivity index (χ1) is 14.7. The van der Waals surface area contributed by atoms with Gasteiger partial charge in [0.05, 0.1) is 0 Å². The third-order valence-electron chi connectivity index (χ3n) is 5.54. The number of amides is 3. The van der Waals surface area contributed by atoms with Crippen molar-refractivity contribution in [3.05, 3.63) is 54.1 Å². The number of piperidine rings is 1. The Morgan fingerprint density at radius 3 is 2.77 bits per heavy atom. The molecule has 2 aromatic carbocycles. The number of likely N-dealkylation sites (tertiary alicyclic amines) is 1. The molecular weight excluding hydrogens is 382 g/mol. The van der Waals surface area contributed by atoms with E-state index in [0.29, 0.717) is 25.4 Å². The van der Waals surface area contributed by atoms with E-state index in [0.717, 1.165) is 48.6 Å². The lowest BCUT2D eigenvalue weighted by Crippen LogP contribution is -2.42. The number of hydrogen-bond donors (Lipinski definition) is 2. The van der Waals surface area contributed by atoms with Crippen molar-refractivity contribution in [2.75, 3.05) is 25.2 Å². The fourth-order valence-corrected chi connectivity index (χ4v) is 3.88. The third kappa shape index (κ3) is 5.23. The molecule has 7 nitrogen and oxygen atoms in total. The van der Waals surface area contributed by atoms with E-state index in [2.05, 4.69) is 10.6 Å². The highest BCUT2D eigenvalue weighted by atomic mass is 16.7. The number of para-hydroxylation sites is 1. The van der Waals surface area contributed by atoms with E-state index in [-0.39, 0.29) is 18.7 Å². The Hall–Kier alpha value is -3.22. The van der Waals surface area contributed by atoms with Crippen LogP contribution in [0, 0.1) is 5.92 Å². The maximum absolute atomic E-state index is 12.5. The van der Waals surface area contributed by atoms with Crippen LogP contribution in [0.4, 0.5) is 10.5 Å². The van der Waals surface area contributed by atoms with E-state index in [9.17, 15) is 9.59 Å². The van der Waals surface area contributed by atoms with Crippen LogP contribution in [0.3, 0.4) is 0 Å². The minimum absolute atomic E-state index is 0.0264. The molecule has 1 fully saturated rings. The summed E-state index contributed by atoms with van der Waals surface area (Å²) in [6.07, 6.45) is 3.25. The fraction of sp³-hybridized carbons (Fsp3) is 0.391. The van der Waals surface area contributed by atoms with Crippen LogP contribution in [0.1, 0.15) is 31.2 Å². The number of rotatable bonds is 6. The van der Waals surface area contributed by atoms with Crippen molar-refractivity contribution in [3.63, 3.8) is 0 Å². The molecule has 7 heteroatoms. The summed E-state index contributed by atoms with van der Waals surface area (Å²) in [6, 6.07) is 15.1. The summed E-state index contributed by atoms with van der Waals surface area (Å²) in [6.45, 7) is 2.15. The Bertz CT molecular complexity index is 887. The van der Waals surface area contributed by atoms with Crippen molar-refractivity contribution in [1.82, 2.24) is 10.2 Å². The molecule has 158 valence electrons. The molecule has 2 N–H and O–H groups in total. The number of urea groups is 1. The molecule has 0 bridgehead atoms. The zero-order chi connectivity index (χ0) is 20.8. The zero-order valence-corrected chi connectivity index (χ0v) is 16.9. The molecule has 2 aliphatic heterocycles. The van der Waals surface area contributed by atoms with Gasteiger partial charge in [0.2, 0.25) is 12.7 Å². The standard InChI is InChI=1S/C23H27N3O4/c27-22(24-14-18-8-10-20-21(13-18)30-16-29-20)11-9-17-5-4-12-26(15-17)23(28)25-19-6-2-1-3-7-19/h1-3,6-8,10,13,17H,4-5,9,11-12,14-16H2,(H,24,27)(H,25,28)/t17-/m0/s1. The summed E-state index contributed by atoms with van der Waals surface area (Å²) < 4.78 is 10.7. The highest BCUT2D eigenvalue weighted by molar-refractivity contribution is 5.89. The predicted molar refractivity (Wildman–Crippen MR) is 113 cm³/mol. The summed E-state index contributed by atoms with van der Waals surface area (Å²) in [5.41, 5.74) is 1.78. The van der Waals surface area contributed by atoms with Crippen LogP contribution in [-0.4, -0.2) is 36.7 Å². The second-order valence-corrected chi connectivity index (χ2v) is 7.75. The molecule has 30 heavy (non-hydrogen) atoms. The number of ether oxygens (including phenoxy) is 2. The lowest BCUT2D eigenvalue weighted by Gasteiger charge is -2.32. The summed E-state index contributed by atoms with van der Waals surface area (Å²) >= 11 is 0. The van der Waals surface area contributed by atoms with Crippen molar-refractivity contribution in [1.29, 1.82) is 0 Å². The number of nitrogens with zero attached hydrogens (tertiary/aromatic N) is 1. The summed E-state index contributed by atoms with van der Waals surface area (Å²) in [5.74, 6) is 1.83. The normalized spacial score (nSPS) is 17.5. The van der Waals surface area contributed by atoms with Crippen LogP contribution in [0.25, 0.3) is 0 Å². The van der Waals surface area contributed by atoms with Crippen molar-refractivity contribution in [2.24, 2.45) is 5.92 Å². The maximum Gasteiger partial charge on any atom is 0.321 e. The van der Waals surface area contributed by atoms with E-state index in [4.69, 9.17) is 9.47 Å². The minimum Gasteiger partial charge on any atom is -0.454 e. The smallest absolute Gasteiger partial charge is 0.321 e. The Kier molecular flexibility index (Phi) is 6.37. The van der Waals surface area contributed by atoms with Gasteiger partial charge in [-0.1, -0.05) is 24.3 Å². The zero-order valence-electron chi connectivity index (χ0n) is 16.9. The van der Waals surface area contributed by atoms with E-state index < -0.39 is 0 Å². The highest BCUT2D eigenvalue weighted by Gasteiger charge is 2.24. The average molecular weight is 409 g/mol. The van der Waals surface area contributed by atoms with Gasteiger partial charge in [-0.05, 0) is 55.0 Å². The second-order valence-electron chi connectivity index (χ2n) is 7.75. The summed E-state index contributed by atoms with van der Waals surface area (Å²) in [7, 11) is 0. The van der Waals surface area contributed by atoms with Crippen molar-refractivity contribution in [2.45, 2.75) is 32.2 Å². The lowest BCUT2D eigenvalue weighted by atomic mass is 9.93. The largest absolute Gasteiger partial charge is 0.454 e. The van der Waals surface area contributed by atoms with Crippen molar-refractivity contribution < 1.29 is 19.1 Å². The number of hydrogen-bond acceptors (Lipinski definition) is 4. The van der Waals surface area contributed by atoms with Gasteiger partial charge in [-0.3, -0.25) is 4.79 Å². The van der Waals surface area contributed by atoms with Gasteiger partial charge in [-0.25, -0.2) is 4.79 Å². The second kappa shape index (κ2) is 9.52. The molecule has 0 unspecified atom stereocenters. The Morgan fingerprint density at radius 2 is 1.90 bits per heavy atom. The van der Waals surface area contributed by atoms with Gasteiger partial charge in [0.15, 0.2) is 11.5 Å². The molecule has 4 rings (SSSR count). The van der Waals surface area contributed by atoms with Crippen LogP contribution in [0.2, 0.25) is 0 Å². The Balaban J connectivity index is 1.19. The third-order valence-corrected chi connectivity index (χ3v) is 5.54. The molecular formula is C23H27N3O4. The number of anilines is 1. The van der Waals surface area contributed by atoms with Crippen LogP contribution >= 0.6 is 0 Å². The molecule has 2 aromatic rings. The van der Waals surface area contributed by atoms with Gasteiger partial charge in [0.25, 0.3) is 0 Å². The molecule has 2 heterocycles. The Morgan fingerprint density at radius 1 is 1.07 bits per heavy atom. The maximum atomic E-state index is 12.5. The van der Waals surface area contributed by atoms with E-state index in [1.54, 1.807) is 0 Å². The first-order valence-electron chi connectivity index (χ1n) is 10.4. The van der Waals surface area contributed by atoms with Crippen LogP contribution < -0.4 is 20.1 Å². The van der Waals surface area contributed by atoms with Crippen LogP contribution in [-0.2, 0) is 11.3 Å². The molecule has 0 spiro atoms. The van der Waals surface area contributed by atoms with E-state index >= 15 is 0 Å². The van der Waals surface area contributed by atoms with E-state index in [1.807, 2.05) is 53.4 Å². The molecule has 3 amide bonds. The number of carbonyl (C=O) groups is 2. The highest BCUT2D eigenvalue weighted by Crippen LogP contribution is 2.32. The molecule has 1 atom stereocenters. The SMILES string of the molecule is O=C(CC[C@@H]1CCCN(C(=O)Nc2ccccc2)C1)NCc1ccc2c(c1)OCO2. The van der Waals surface area contributed by atoms with Crippen LogP contribution in [0.5, 0.6) is 11.5 Å². The first kappa shape index (κ1) is 20.1. The predicted octanol–water partition coefficient (Wildman–Crippen LogP) is 3.76. The summed E-state index contributed by atoms with van der Waals surface area (Å²) in [4.78, 5) is 26.6. The molecule has 1 saturated heterocycles. The van der Waals surface area contributed by atoms with Crippen LogP contribution in [0.15, 0.2) is 48.5 Å². The quantitative estimate of drug-likeness (QED) is 0.761. The number of fused-ring (bicyclic) bond motifs is 1. The molecule has 0 aliphatic carbocycles. The Labute approximate surface area is 176 Å². The van der Waals surface area contributed by atoms with Crippen molar-refractivity contribution in [3.8, 4) is 11.5 Å². The van der Waals surface area contributed by atoms with Crippen molar-refractivity contribution >= 4 is 17.6 Å². The molecule has 2 aliphatic rings. The van der Waals surface area contributed by atoms with Gasteiger partial charge in [-0.2, -0.15) is 0 Å². The van der Waals surface area contributed by atoms with Gasteiger partial charge in [0.1, 0.15) is 0 Å². The van der Waals surface area contributed by atoms with Gasteiger partial charge >= 0.3 is 6.03 Å². The van der Waals surface area contributed by atoms with E-state index in [1.165, 1.54) is 0 Å². The molecule has 0 saturated carbocycles. The number of nitrogens with one attached hydrogen (secondary N) is 2. The molecule has 0 aromatic heterocycles. The minimum atomic E-state index is -0.0711. The van der Waals surface area contributed by atoms with Gasteiger partial charge in [-0.15, -0.1) is 0 Å². The lowest BCUT2D eigenvalue weighted by molar-refractivity contribution is -0.121. The van der Waals surface area contributed by atoms with Gasteiger partial charge < -0.3 is 25.0 Å². The average Bonchev–Trinajstić information content (AvgIpc) is 3.25. The first-order valence-corrected chi connectivity index (χ1v) is 10.4. The fourth-order valence-electron chi connectivity index (χ4n) is 3.88. The number of benzene rings is 2.